The molecule has 0 unspecified atom stereocenters. The first-order valence-corrected chi connectivity index (χ1v) is 4.27. The third kappa shape index (κ3) is 7.06. The fourth-order valence-corrected chi connectivity index (χ4v) is 0.647. The highest BCUT2D eigenvalue weighted by Gasteiger charge is 1.99. The molecule has 13 heavy (non-hydrogen) atoms. The standard InChI is InChI=1S/C11H16O2/c1-4-5-6-7-8-9-13-11(12)10(2)3/h4,7-8H,1-2,5-6,9H2,3H3. The van der Waals surface area contributed by atoms with E-state index < -0.39 is 0 Å². The van der Waals surface area contributed by atoms with Gasteiger partial charge in [-0.3, -0.25) is 0 Å². The van der Waals surface area contributed by atoms with Gasteiger partial charge in [-0.25, -0.2) is 4.79 Å². The van der Waals surface area contributed by atoms with Gasteiger partial charge in [0.15, 0.2) is 0 Å². The number of rotatable bonds is 6. The van der Waals surface area contributed by atoms with Gasteiger partial charge in [0.2, 0.25) is 0 Å². The van der Waals surface area contributed by atoms with Crippen molar-refractivity contribution < 1.29 is 9.53 Å². The monoisotopic (exact) mass is 180 g/mol. The molecule has 0 aromatic heterocycles. The molecule has 0 rings (SSSR count). The summed E-state index contributed by atoms with van der Waals surface area (Å²) in [4.78, 5) is 10.9. The highest BCUT2D eigenvalue weighted by molar-refractivity contribution is 5.86. The maximum absolute atomic E-state index is 10.9. The third-order valence-corrected chi connectivity index (χ3v) is 1.36. The van der Waals surface area contributed by atoms with E-state index >= 15 is 0 Å². The van der Waals surface area contributed by atoms with E-state index in [-0.39, 0.29) is 5.97 Å². The average Bonchev–Trinajstić information content (AvgIpc) is 2.10. The van der Waals surface area contributed by atoms with Crippen molar-refractivity contribution >= 4 is 5.97 Å². The molecule has 0 atom stereocenters. The van der Waals surface area contributed by atoms with Crippen LogP contribution in [0.5, 0.6) is 0 Å². The second kappa shape index (κ2) is 7.35. The number of carbonyl (C=O) groups excluding carboxylic acids is 1. The molecule has 0 bridgehead atoms. The lowest BCUT2D eigenvalue weighted by Gasteiger charge is -1.98. The molecule has 0 aliphatic heterocycles. The summed E-state index contributed by atoms with van der Waals surface area (Å²) >= 11 is 0. The van der Waals surface area contributed by atoms with Gasteiger partial charge in [0.25, 0.3) is 0 Å². The first kappa shape index (κ1) is 11.7. The summed E-state index contributed by atoms with van der Waals surface area (Å²) in [5, 5.41) is 0. The molecule has 2 heteroatoms. The van der Waals surface area contributed by atoms with E-state index in [1.54, 1.807) is 6.92 Å². The van der Waals surface area contributed by atoms with E-state index in [9.17, 15) is 4.79 Å². The minimum absolute atomic E-state index is 0.322. The molecule has 0 saturated carbocycles. The molecule has 0 aromatic carbocycles. The third-order valence-electron chi connectivity index (χ3n) is 1.36. The van der Waals surface area contributed by atoms with Crippen LogP contribution in [0.3, 0.4) is 0 Å². The van der Waals surface area contributed by atoms with E-state index in [0.29, 0.717) is 12.2 Å². The fraction of sp³-hybridized carbons (Fsp3) is 0.364. The Hall–Kier alpha value is -1.31. The smallest absolute Gasteiger partial charge is 0.333 e. The number of ether oxygens (including phenoxy) is 1. The van der Waals surface area contributed by atoms with Crippen molar-refractivity contribution in [3.63, 3.8) is 0 Å². The number of esters is 1. The van der Waals surface area contributed by atoms with Crippen LogP contribution in [0.1, 0.15) is 19.8 Å². The van der Waals surface area contributed by atoms with Crippen molar-refractivity contribution in [2.24, 2.45) is 0 Å². The molecule has 0 heterocycles. The second-order valence-electron chi connectivity index (χ2n) is 2.72. The summed E-state index contributed by atoms with van der Waals surface area (Å²) in [6.45, 7) is 9.02. The number of allylic oxidation sites excluding steroid dienone is 2. The highest BCUT2D eigenvalue weighted by Crippen LogP contribution is 1.94. The molecule has 0 radical (unpaired) electrons. The Bertz CT molecular complexity index is 214. The molecular formula is C11H16O2. The quantitative estimate of drug-likeness (QED) is 0.272. The van der Waals surface area contributed by atoms with Crippen LogP contribution >= 0.6 is 0 Å². The molecule has 0 fully saturated rings. The van der Waals surface area contributed by atoms with E-state index in [1.165, 1.54) is 0 Å². The molecule has 0 aliphatic rings. The maximum atomic E-state index is 10.9. The van der Waals surface area contributed by atoms with Crippen molar-refractivity contribution in [3.05, 3.63) is 37.0 Å². The number of unbranched alkanes of at least 4 members (excludes halogenated alkanes) is 1. The fourth-order valence-electron chi connectivity index (χ4n) is 0.647. The van der Waals surface area contributed by atoms with E-state index in [2.05, 4.69) is 13.2 Å². The minimum Gasteiger partial charge on any atom is -0.458 e. The molecular weight excluding hydrogens is 164 g/mol. The topological polar surface area (TPSA) is 26.3 Å². The number of carbonyl (C=O) groups is 1. The summed E-state index contributed by atoms with van der Waals surface area (Å²) in [7, 11) is 0. The summed E-state index contributed by atoms with van der Waals surface area (Å²) in [5.74, 6) is -0.339. The molecule has 72 valence electrons. The van der Waals surface area contributed by atoms with Gasteiger partial charge in [-0.15, -0.1) is 6.58 Å². The van der Waals surface area contributed by atoms with Crippen LogP contribution in [0.2, 0.25) is 0 Å². The molecule has 0 amide bonds. The summed E-state index contributed by atoms with van der Waals surface area (Å²) in [5.41, 5.74) is 0.430. The predicted molar refractivity (Wildman–Crippen MR) is 54.3 cm³/mol. The van der Waals surface area contributed by atoms with Gasteiger partial charge in [-0.2, -0.15) is 0 Å². The Morgan fingerprint density at radius 2 is 2.08 bits per heavy atom. The van der Waals surface area contributed by atoms with Gasteiger partial charge in [0.1, 0.15) is 6.61 Å². The molecule has 0 spiro atoms. The molecule has 0 aromatic rings. The van der Waals surface area contributed by atoms with Crippen molar-refractivity contribution in [2.75, 3.05) is 6.61 Å². The lowest BCUT2D eigenvalue weighted by Crippen LogP contribution is -2.04. The molecule has 2 nitrogen and oxygen atoms in total. The van der Waals surface area contributed by atoms with Crippen LogP contribution in [-0.4, -0.2) is 12.6 Å². The lowest BCUT2D eigenvalue weighted by molar-refractivity contribution is -0.137. The van der Waals surface area contributed by atoms with Gasteiger partial charge in [-0.05, 0) is 19.8 Å². The second-order valence-corrected chi connectivity index (χ2v) is 2.72. The minimum atomic E-state index is -0.339. The van der Waals surface area contributed by atoms with Gasteiger partial charge < -0.3 is 4.74 Å². The maximum Gasteiger partial charge on any atom is 0.333 e. The van der Waals surface area contributed by atoms with Crippen LogP contribution in [0.15, 0.2) is 37.0 Å². The molecule has 0 aliphatic carbocycles. The summed E-state index contributed by atoms with van der Waals surface area (Å²) in [6, 6.07) is 0. The molecule has 0 N–H and O–H groups in total. The first-order chi connectivity index (χ1) is 6.18. The molecule has 0 saturated heterocycles. The summed E-state index contributed by atoms with van der Waals surface area (Å²) in [6.07, 6.45) is 7.53. The van der Waals surface area contributed by atoms with Crippen molar-refractivity contribution in [2.45, 2.75) is 19.8 Å². The predicted octanol–water partition coefficient (Wildman–Crippen LogP) is 2.63. The zero-order valence-corrected chi connectivity index (χ0v) is 8.08. The van der Waals surface area contributed by atoms with Crippen molar-refractivity contribution in [1.82, 2.24) is 0 Å². The number of hydrogen-bond acceptors (Lipinski definition) is 2. The van der Waals surface area contributed by atoms with Crippen molar-refractivity contribution in [1.29, 1.82) is 0 Å². The Morgan fingerprint density at radius 3 is 2.62 bits per heavy atom. The van der Waals surface area contributed by atoms with Crippen LogP contribution < -0.4 is 0 Å². The van der Waals surface area contributed by atoms with E-state index in [1.807, 2.05) is 18.2 Å². The van der Waals surface area contributed by atoms with Gasteiger partial charge in [0, 0.05) is 5.57 Å². The van der Waals surface area contributed by atoms with Crippen LogP contribution in [0, 0.1) is 0 Å². The zero-order valence-electron chi connectivity index (χ0n) is 8.08. The van der Waals surface area contributed by atoms with Crippen LogP contribution in [0.25, 0.3) is 0 Å². The highest BCUT2D eigenvalue weighted by atomic mass is 16.5. The Balaban J connectivity index is 3.44. The van der Waals surface area contributed by atoms with E-state index in [0.717, 1.165) is 12.8 Å². The Labute approximate surface area is 79.6 Å². The SMILES string of the molecule is C=CCCC=CCOC(=O)C(=C)C. The number of hydrogen-bond donors (Lipinski definition) is 0. The summed E-state index contributed by atoms with van der Waals surface area (Å²) < 4.78 is 4.83. The van der Waals surface area contributed by atoms with Gasteiger partial charge in [0.05, 0.1) is 0 Å². The van der Waals surface area contributed by atoms with Gasteiger partial charge >= 0.3 is 5.97 Å². The van der Waals surface area contributed by atoms with E-state index in [4.69, 9.17) is 4.74 Å². The zero-order chi connectivity index (χ0) is 10.1. The normalized spacial score (nSPS) is 9.92. The Morgan fingerprint density at radius 1 is 1.38 bits per heavy atom. The van der Waals surface area contributed by atoms with Crippen LogP contribution in [-0.2, 0) is 9.53 Å². The Kier molecular flexibility index (Phi) is 6.60. The van der Waals surface area contributed by atoms with Gasteiger partial charge in [-0.1, -0.05) is 24.8 Å². The van der Waals surface area contributed by atoms with Crippen molar-refractivity contribution in [3.8, 4) is 0 Å². The average molecular weight is 180 g/mol. The lowest BCUT2D eigenvalue weighted by atomic mass is 10.3. The van der Waals surface area contributed by atoms with Crippen LogP contribution in [0.4, 0.5) is 0 Å². The largest absolute Gasteiger partial charge is 0.458 e. The first-order valence-electron chi connectivity index (χ1n) is 4.27.